The highest BCUT2D eigenvalue weighted by atomic mass is 35.5. The Hall–Kier alpha value is -2.79. The molecule has 1 aliphatic heterocycles. The molecule has 7 nitrogen and oxygen atoms in total. The van der Waals surface area contributed by atoms with Gasteiger partial charge in [-0.1, -0.05) is 11.6 Å². The maximum atomic E-state index is 14.6. The van der Waals surface area contributed by atoms with Gasteiger partial charge in [-0.05, 0) is 32.3 Å². The fourth-order valence-electron chi connectivity index (χ4n) is 3.11. The number of ether oxygens (including phenoxy) is 2. The molecule has 9 heteroatoms. The molecule has 0 bridgehead atoms. The maximum absolute atomic E-state index is 14.6. The van der Waals surface area contributed by atoms with Gasteiger partial charge in [0.25, 0.3) is 0 Å². The van der Waals surface area contributed by atoms with E-state index >= 15 is 0 Å². The van der Waals surface area contributed by atoms with Crippen molar-refractivity contribution in [3.8, 4) is 17.5 Å². The highest BCUT2D eigenvalue weighted by Gasteiger charge is 2.25. The first-order chi connectivity index (χ1) is 13.0. The summed E-state index contributed by atoms with van der Waals surface area (Å²) < 4.78 is 27.2. The van der Waals surface area contributed by atoms with E-state index in [-0.39, 0.29) is 28.8 Å². The molecule has 142 valence electrons. The van der Waals surface area contributed by atoms with Crippen LogP contribution in [0.5, 0.6) is 5.75 Å². The summed E-state index contributed by atoms with van der Waals surface area (Å²) in [6, 6.07) is 4.20. The Kier molecular flexibility index (Phi) is 5.51. The van der Waals surface area contributed by atoms with E-state index in [0.29, 0.717) is 18.7 Å². The van der Waals surface area contributed by atoms with E-state index in [1.807, 2.05) is 6.07 Å². The zero-order chi connectivity index (χ0) is 19.6. The molecular weight excluding hydrogens is 377 g/mol. The minimum absolute atomic E-state index is 0.0149. The van der Waals surface area contributed by atoms with Crippen molar-refractivity contribution in [2.24, 2.45) is 0 Å². The predicted molar refractivity (Wildman–Crippen MR) is 94.8 cm³/mol. The lowest BCUT2D eigenvalue weighted by Gasteiger charge is -2.12. The highest BCUT2D eigenvalue weighted by Crippen LogP contribution is 2.31. The Morgan fingerprint density at radius 1 is 1.41 bits per heavy atom. The molecule has 0 aliphatic carbocycles. The van der Waals surface area contributed by atoms with Crippen LogP contribution >= 0.6 is 11.6 Å². The number of hydrogen-bond acceptors (Lipinski definition) is 5. The number of carbonyl (C=O) groups excluding carboxylic acids is 1. The Morgan fingerprint density at radius 3 is 2.89 bits per heavy atom. The van der Waals surface area contributed by atoms with Gasteiger partial charge in [-0.25, -0.2) is 18.5 Å². The van der Waals surface area contributed by atoms with Gasteiger partial charge in [0.05, 0.1) is 23.0 Å². The summed E-state index contributed by atoms with van der Waals surface area (Å²) in [5.74, 6) is -1.36. The number of fused-ring (bicyclic) bond motifs is 1. The van der Waals surface area contributed by atoms with Crippen LogP contribution in [0.3, 0.4) is 0 Å². The standard InChI is InChI=1S/C18H17ClFN3O4/c1-2-26-17(24)10-27-16-8-14(12(20)7-11(16)19)23-15(9-21)13-5-3-4-6-22(13)18(23)25/h7-8H,2-6,10H2,1H3. The van der Waals surface area contributed by atoms with Crippen LogP contribution in [0.25, 0.3) is 5.69 Å². The zero-order valence-electron chi connectivity index (χ0n) is 14.6. The summed E-state index contributed by atoms with van der Waals surface area (Å²) in [5.41, 5.74) is 0.0508. The number of aromatic nitrogens is 2. The van der Waals surface area contributed by atoms with Crippen LogP contribution in [0.15, 0.2) is 16.9 Å². The second-order valence-electron chi connectivity index (χ2n) is 5.96. The molecule has 0 saturated heterocycles. The summed E-state index contributed by atoms with van der Waals surface area (Å²) in [6.07, 6.45) is 2.25. The predicted octanol–water partition coefficient (Wildman–Crippen LogP) is 2.58. The van der Waals surface area contributed by atoms with Gasteiger partial charge >= 0.3 is 11.7 Å². The van der Waals surface area contributed by atoms with Crippen molar-refractivity contribution in [3.05, 3.63) is 44.8 Å². The third kappa shape index (κ3) is 3.55. The van der Waals surface area contributed by atoms with Crippen molar-refractivity contribution >= 4 is 17.6 Å². The molecule has 1 aliphatic rings. The Labute approximate surface area is 159 Å². The molecule has 3 rings (SSSR count). The largest absolute Gasteiger partial charge is 0.480 e. The van der Waals surface area contributed by atoms with Crippen molar-refractivity contribution in [1.82, 2.24) is 9.13 Å². The lowest BCUT2D eigenvalue weighted by molar-refractivity contribution is -0.145. The van der Waals surface area contributed by atoms with Crippen molar-refractivity contribution in [2.75, 3.05) is 13.2 Å². The van der Waals surface area contributed by atoms with Crippen molar-refractivity contribution in [3.63, 3.8) is 0 Å². The molecule has 1 aromatic carbocycles. The van der Waals surface area contributed by atoms with E-state index in [1.165, 1.54) is 10.6 Å². The zero-order valence-corrected chi connectivity index (χ0v) is 15.4. The second-order valence-corrected chi connectivity index (χ2v) is 6.37. The summed E-state index contributed by atoms with van der Waals surface area (Å²) in [6.45, 7) is 1.93. The highest BCUT2D eigenvalue weighted by molar-refractivity contribution is 6.32. The smallest absolute Gasteiger partial charge is 0.344 e. The monoisotopic (exact) mass is 393 g/mol. The first kappa shape index (κ1) is 19.0. The van der Waals surface area contributed by atoms with Gasteiger partial charge in [0, 0.05) is 12.6 Å². The molecule has 0 spiro atoms. The Morgan fingerprint density at radius 2 is 2.19 bits per heavy atom. The first-order valence-electron chi connectivity index (χ1n) is 8.50. The number of nitriles is 1. The number of rotatable bonds is 5. The fourth-order valence-corrected chi connectivity index (χ4v) is 3.32. The fraction of sp³-hybridized carbons (Fsp3) is 0.389. The quantitative estimate of drug-likeness (QED) is 0.729. The average molecular weight is 394 g/mol. The van der Waals surface area contributed by atoms with Gasteiger partial charge < -0.3 is 9.47 Å². The van der Waals surface area contributed by atoms with Gasteiger partial charge in [0.1, 0.15) is 23.3 Å². The molecule has 0 atom stereocenters. The summed E-state index contributed by atoms with van der Waals surface area (Å²) >= 11 is 5.99. The molecule has 2 heterocycles. The van der Waals surface area contributed by atoms with Crippen LogP contribution in [-0.4, -0.2) is 28.3 Å². The third-order valence-corrected chi connectivity index (χ3v) is 4.58. The number of esters is 1. The van der Waals surface area contributed by atoms with E-state index in [1.54, 1.807) is 6.92 Å². The van der Waals surface area contributed by atoms with Crippen LogP contribution in [0.1, 0.15) is 31.2 Å². The van der Waals surface area contributed by atoms with Gasteiger partial charge in [0.15, 0.2) is 6.61 Å². The summed E-state index contributed by atoms with van der Waals surface area (Å²) in [4.78, 5) is 24.2. The molecule has 0 amide bonds. The number of hydrogen-bond donors (Lipinski definition) is 0. The third-order valence-electron chi connectivity index (χ3n) is 4.29. The Bertz CT molecular complexity index is 990. The van der Waals surface area contributed by atoms with Crippen LogP contribution in [-0.2, 0) is 22.5 Å². The van der Waals surface area contributed by atoms with Crippen LogP contribution in [0.4, 0.5) is 4.39 Å². The number of benzene rings is 1. The molecule has 0 N–H and O–H groups in total. The Balaban J connectivity index is 2.06. The molecule has 0 fully saturated rings. The molecule has 0 saturated carbocycles. The number of halogens is 2. The van der Waals surface area contributed by atoms with Gasteiger partial charge in [0.2, 0.25) is 0 Å². The second kappa shape index (κ2) is 7.84. The van der Waals surface area contributed by atoms with Crippen LogP contribution in [0.2, 0.25) is 5.02 Å². The van der Waals surface area contributed by atoms with E-state index in [0.717, 1.165) is 23.5 Å². The number of nitrogens with zero attached hydrogens (tertiary/aromatic N) is 3. The minimum Gasteiger partial charge on any atom is -0.480 e. The molecular formula is C18H17ClFN3O4. The van der Waals surface area contributed by atoms with Crippen molar-refractivity contribution in [2.45, 2.75) is 32.7 Å². The lowest BCUT2D eigenvalue weighted by atomic mass is 10.1. The van der Waals surface area contributed by atoms with E-state index < -0.39 is 24.1 Å². The van der Waals surface area contributed by atoms with Crippen molar-refractivity contribution in [1.29, 1.82) is 5.26 Å². The summed E-state index contributed by atoms with van der Waals surface area (Å²) in [7, 11) is 0. The SMILES string of the molecule is CCOC(=O)COc1cc(-n2c(C#N)c3n(c2=O)CCCC3)c(F)cc1Cl. The van der Waals surface area contributed by atoms with Crippen LogP contribution < -0.4 is 10.4 Å². The van der Waals surface area contributed by atoms with Gasteiger partial charge in [-0.2, -0.15) is 5.26 Å². The van der Waals surface area contributed by atoms with Crippen LogP contribution in [0, 0.1) is 17.1 Å². The minimum atomic E-state index is -0.773. The van der Waals surface area contributed by atoms with E-state index in [2.05, 4.69) is 0 Å². The summed E-state index contributed by atoms with van der Waals surface area (Å²) in [5, 5.41) is 9.48. The average Bonchev–Trinajstić information content (AvgIpc) is 2.93. The van der Waals surface area contributed by atoms with E-state index in [9.17, 15) is 19.2 Å². The van der Waals surface area contributed by atoms with E-state index in [4.69, 9.17) is 21.1 Å². The first-order valence-corrected chi connectivity index (χ1v) is 8.88. The lowest BCUT2D eigenvalue weighted by Crippen LogP contribution is -2.26. The normalized spacial score (nSPS) is 13.0. The van der Waals surface area contributed by atoms with Gasteiger partial charge in [-0.15, -0.1) is 0 Å². The number of carbonyl (C=O) groups is 1. The van der Waals surface area contributed by atoms with Crippen molar-refractivity contribution < 1.29 is 18.7 Å². The topological polar surface area (TPSA) is 86.2 Å². The molecule has 1 aromatic heterocycles. The molecule has 0 radical (unpaired) electrons. The molecule has 0 unspecified atom stereocenters. The van der Waals surface area contributed by atoms with Gasteiger partial charge in [-0.3, -0.25) is 4.57 Å². The maximum Gasteiger partial charge on any atom is 0.344 e. The molecule has 27 heavy (non-hydrogen) atoms. The molecule has 2 aromatic rings. The number of imidazole rings is 1.